The maximum atomic E-state index is 11.9. The lowest BCUT2D eigenvalue weighted by Gasteiger charge is -2.40. The minimum atomic E-state index is -3.29. The lowest BCUT2D eigenvalue weighted by atomic mass is 10.1. The fourth-order valence-corrected chi connectivity index (χ4v) is 4.90. The molecule has 1 aromatic carbocycles. The van der Waals surface area contributed by atoms with Gasteiger partial charge in [0, 0.05) is 18.1 Å². The third-order valence-corrected chi connectivity index (χ3v) is 6.27. The van der Waals surface area contributed by atoms with E-state index in [-0.39, 0.29) is 12.6 Å². The fraction of sp³-hybridized carbons (Fsp3) is 0.385. The summed E-state index contributed by atoms with van der Waals surface area (Å²) >= 11 is 3.34. The van der Waals surface area contributed by atoms with E-state index in [9.17, 15) is 18.7 Å². The Kier molecular flexibility index (Phi) is 5.21. The standard InChI is InChI=1S/C13H18BrN3O5S/c1-7-9-5-8(14)3-4-11(9)23(21,22)17(7)6-10(12(18)15-2)16-13(19)20/h3-5,7,10,16,21-22H,6H2,1-2H3,(H,15,18)(H,19,20). The maximum absolute atomic E-state index is 11.9. The number of benzene rings is 1. The lowest BCUT2D eigenvalue weighted by Crippen LogP contribution is -2.51. The highest BCUT2D eigenvalue weighted by Gasteiger charge is 2.42. The summed E-state index contributed by atoms with van der Waals surface area (Å²) in [5.41, 5.74) is 0.727. The number of halogens is 1. The van der Waals surface area contributed by atoms with Crippen molar-refractivity contribution < 1.29 is 23.8 Å². The SMILES string of the molecule is CNC(=O)C(CN1C(C)c2cc(Br)ccc2S1(O)O)NC(=O)O. The zero-order valence-corrected chi connectivity index (χ0v) is 14.9. The molecule has 1 aromatic rings. The van der Waals surface area contributed by atoms with Gasteiger partial charge in [0.25, 0.3) is 0 Å². The molecule has 0 saturated heterocycles. The molecule has 2 amide bonds. The molecule has 8 nitrogen and oxygen atoms in total. The number of carboxylic acid groups (broad SMARTS) is 1. The average molecular weight is 408 g/mol. The van der Waals surface area contributed by atoms with Crippen LogP contribution in [0.5, 0.6) is 0 Å². The number of nitrogens with zero attached hydrogens (tertiary/aromatic N) is 1. The summed E-state index contributed by atoms with van der Waals surface area (Å²) in [7, 11) is -1.90. The first kappa shape index (κ1) is 18.0. The van der Waals surface area contributed by atoms with E-state index in [1.54, 1.807) is 25.1 Å². The molecule has 0 bridgehead atoms. The number of hydrogen-bond donors (Lipinski definition) is 5. The predicted octanol–water partition coefficient (Wildman–Crippen LogP) is 2.23. The first-order valence-corrected chi connectivity index (χ1v) is 9.03. The molecule has 0 radical (unpaired) electrons. The Balaban J connectivity index is 2.32. The number of carbonyl (C=O) groups is 2. The van der Waals surface area contributed by atoms with E-state index >= 15 is 0 Å². The monoisotopic (exact) mass is 407 g/mol. The Bertz CT molecular complexity index is 642. The second-order valence-corrected chi connectivity index (χ2v) is 7.96. The molecule has 1 heterocycles. The third kappa shape index (κ3) is 3.45. The van der Waals surface area contributed by atoms with Gasteiger partial charge in [-0.05, 0) is 30.7 Å². The van der Waals surface area contributed by atoms with Crippen molar-refractivity contribution in [3.8, 4) is 0 Å². The Hall–Kier alpha value is -1.33. The van der Waals surface area contributed by atoms with Gasteiger partial charge in [0.05, 0.1) is 10.9 Å². The number of rotatable bonds is 4. The van der Waals surface area contributed by atoms with E-state index in [2.05, 4.69) is 26.6 Å². The van der Waals surface area contributed by atoms with Gasteiger partial charge in [0.15, 0.2) is 0 Å². The Morgan fingerprint density at radius 2 is 2.09 bits per heavy atom. The van der Waals surface area contributed by atoms with Crippen LogP contribution in [0.25, 0.3) is 0 Å². The Labute approximate surface area is 143 Å². The van der Waals surface area contributed by atoms with Crippen LogP contribution in [0.1, 0.15) is 18.5 Å². The summed E-state index contributed by atoms with van der Waals surface area (Å²) in [5, 5.41) is 13.3. The number of likely N-dealkylation sites (N-methyl/N-ethyl adjacent to an activating group) is 1. The van der Waals surface area contributed by atoms with Gasteiger partial charge in [-0.15, -0.1) is 10.8 Å². The number of hydrogen-bond acceptors (Lipinski definition) is 5. The van der Waals surface area contributed by atoms with Crippen molar-refractivity contribution in [3.05, 3.63) is 28.2 Å². The molecule has 0 fully saturated rings. The van der Waals surface area contributed by atoms with Crippen LogP contribution < -0.4 is 10.6 Å². The molecular formula is C13H18BrN3O5S. The van der Waals surface area contributed by atoms with Crippen molar-refractivity contribution in [2.45, 2.75) is 23.9 Å². The molecule has 2 unspecified atom stereocenters. The van der Waals surface area contributed by atoms with Gasteiger partial charge >= 0.3 is 6.09 Å². The van der Waals surface area contributed by atoms with E-state index in [1.165, 1.54) is 11.4 Å². The number of nitrogens with one attached hydrogen (secondary N) is 2. The van der Waals surface area contributed by atoms with Crippen LogP contribution in [0.2, 0.25) is 0 Å². The number of fused-ring (bicyclic) bond motifs is 1. The highest BCUT2D eigenvalue weighted by atomic mass is 79.9. The van der Waals surface area contributed by atoms with Gasteiger partial charge in [0.2, 0.25) is 5.91 Å². The van der Waals surface area contributed by atoms with Crippen molar-refractivity contribution in [1.29, 1.82) is 0 Å². The summed E-state index contributed by atoms with van der Waals surface area (Å²) in [6.45, 7) is 1.61. The molecule has 0 aromatic heterocycles. The molecule has 1 aliphatic heterocycles. The molecule has 2 rings (SSSR count). The molecule has 2 atom stereocenters. The summed E-state index contributed by atoms with van der Waals surface area (Å²) in [6, 6.07) is 3.60. The zero-order valence-electron chi connectivity index (χ0n) is 12.5. The van der Waals surface area contributed by atoms with Crippen LogP contribution in [0.4, 0.5) is 4.79 Å². The van der Waals surface area contributed by atoms with Gasteiger partial charge in [-0.25, -0.2) is 4.79 Å². The van der Waals surface area contributed by atoms with E-state index in [1.807, 2.05) is 0 Å². The first-order valence-electron chi connectivity index (χ1n) is 6.74. The van der Waals surface area contributed by atoms with Crippen molar-refractivity contribution >= 4 is 38.7 Å². The van der Waals surface area contributed by atoms with E-state index in [4.69, 9.17) is 5.11 Å². The van der Waals surface area contributed by atoms with Crippen molar-refractivity contribution in [3.63, 3.8) is 0 Å². The molecule has 5 N–H and O–H groups in total. The van der Waals surface area contributed by atoms with Crippen LogP contribution in [0, 0.1) is 0 Å². The number of amides is 2. The highest BCUT2D eigenvalue weighted by molar-refractivity contribution is 9.10. The second kappa shape index (κ2) is 6.65. The molecule has 0 spiro atoms. The topological polar surface area (TPSA) is 122 Å². The van der Waals surface area contributed by atoms with E-state index in [0.717, 1.165) is 10.0 Å². The zero-order chi connectivity index (χ0) is 17.4. The van der Waals surface area contributed by atoms with Gasteiger partial charge in [-0.2, -0.15) is 4.31 Å². The van der Waals surface area contributed by atoms with Gasteiger partial charge in [-0.1, -0.05) is 15.9 Å². The van der Waals surface area contributed by atoms with E-state index in [0.29, 0.717) is 4.90 Å². The van der Waals surface area contributed by atoms with E-state index < -0.39 is 28.8 Å². The summed E-state index contributed by atoms with van der Waals surface area (Å²) in [4.78, 5) is 23.1. The predicted molar refractivity (Wildman–Crippen MR) is 89.4 cm³/mol. The van der Waals surface area contributed by atoms with Gasteiger partial charge in [0.1, 0.15) is 6.04 Å². The Morgan fingerprint density at radius 3 is 2.65 bits per heavy atom. The quantitative estimate of drug-likeness (QED) is 0.521. The average Bonchev–Trinajstić information content (AvgIpc) is 2.65. The molecule has 23 heavy (non-hydrogen) atoms. The van der Waals surface area contributed by atoms with Crippen molar-refractivity contribution in [1.82, 2.24) is 14.9 Å². The van der Waals surface area contributed by atoms with Crippen LogP contribution in [-0.4, -0.2) is 50.2 Å². The Morgan fingerprint density at radius 1 is 1.43 bits per heavy atom. The van der Waals surface area contributed by atoms with Gasteiger partial charge < -0.3 is 15.7 Å². The van der Waals surface area contributed by atoms with Crippen LogP contribution >= 0.6 is 26.7 Å². The van der Waals surface area contributed by atoms with Crippen molar-refractivity contribution in [2.24, 2.45) is 0 Å². The maximum Gasteiger partial charge on any atom is 0.405 e. The fourth-order valence-electron chi connectivity index (χ4n) is 2.56. The molecule has 0 aliphatic carbocycles. The molecule has 0 saturated carbocycles. The first-order chi connectivity index (χ1) is 10.7. The summed E-state index contributed by atoms with van der Waals surface area (Å²) in [5.74, 6) is -0.549. The number of carbonyl (C=O) groups excluding carboxylic acids is 1. The molecular weight excluding hydrogens is 390 g/mol. The minimum absolute atomic E-state index is 0.165. The highest BCUT2D eigenvalue weighted by Crippen LogP contribution is 2.63. The van der Waals surface area contributed by atoms with Crippen molar-refractivity contribution in [2.75, 3.05) is 13.6 Å². The molecule has 1 aliphatic rings. The lowest BCUT2D eigenvalue weighted by molar-refractivity contribution is -0.122. The minimum Gasteiger partial charge on any atom is -0.465 e. The summed E-state index contributed by atoms with van der Waals surface area (Å²) in [6.07, 6.45) is -1.36. The normalized spacial score (nSPS) is 22.0. The van der Waals surface area contributed by atoms with Crippen LogP contribution in [0.3, 0.4) is 0 Å². The van der Waals surface area contributed by atoms with Gasteiger partial charge in [-0.3, -0.25) is 13.9 Å². The molecule has 128 valence electrons. The summed E-state index contributed by atoms with van der Waals surface area (Å²) < 4.78 is 23.2. The third-order valence-electron chi connectivity index (χ3n) is 3.70. The largest absolute Gasteiger partial charge is 0.465 e. The molecule has 10 heteroatoms. The van der Waals surface area contributed by atoms with Crippen LogP contribution in [-0.2, 0) is 4.79 Å². The smallest absolute Gasteiger partial charge is 0.405 e. The van der Waals surface area contributed by atoms with Crippen LogP contribution in [0.15, 0.2) is 27.6 Å². The second-order valence-electron chi connectivity index (χ2n) is 5.09.